The quantitative estimate of drug-likeness (QED) is 0.808. The van der Waals surface area contributed by atoms with Crippen LogP contribution in [0.1, 0.15) is 17.4 Å². The zero-order valence-electron chi connectivity index (χ0n) is 9.03. The highest BCUT2D eigenvalue weighted by Crippen LogP contribution is 2.27. The second-order valence-electron chi connectivity index (χ2n) is 3.64. The Bertz CT molecular complexity index is 557. The summed E-state index contributed by atoms with van der Waals surface area (Å²) in [6.07, 6.45) is -0.971. The summed E-state index contributed by atoms with van der Waals surface area (Å²) in [7, 11) is -4.14. The molecule has 1 saturated heterocycles. The van der Waals surface area contributed by atoms with Crippen LogP contribution in [0.4, 0.5) is 4.79 Å². The monoisotopic (exact) mass is 257 g/mol. The summed E-state index contributed by atoms with van der Waals surface area (Å²) in [4.78, 5) is 15.5. The van der Waals surface area contributed by atoms with Gasteiger partial charge in [0.1, 0.15) is 12.6 Å². The molecule has 17 heavy (non-hydrogen) atoms. The van der Waals surface area contributed by atoms with Gasteiger partial charge in [-0.1, -0.05) is 6.07 Å². The Kier molecular flexibility index (Phi) is 2.76. The molecule has 1 amide bonds. The lowest BCUT2D eigenvalue weighted by Crippen LogP contribution is -2.39. The predicted molar refractivity (Wildman–Crippen MR) is 58.0 cm³/mol. The van der Waals surface area contributed by atoms with Gasteiger partial charge in [-0.15, -0.1) is 0 Å². The van der Waals surface area contributed by atoms with Gasteiger partial charge in [-0.3, -0.25) is 4.98 Å². The average molecular weight is 257 g/mol. The van der Waals surface area contributed by atoms with Crippen LogP contribution in [-0.4, -0.2) is 30.4 Å². The van der Waals surface area contributed by atoms with E-state index in [1.807, 2.05) is 0 Å². The van der Waals surface area contributed by atoms with E-state index in [9.17, 15) is 13.2 Å². The minimum Gasteiger partial charge on any atom is -0.446 e. The van der Waals surface area contributed by atoms with Crippen molar-refractivity contribution in [3.8, 4) is 0 Å². The summed E-state index contributed by atoms with van der Waals surface area (Å²) in [5, 5.41) is 4.97. The van der Waals surface area contributed by atoms with Crippen molar-refractivity contribution in [2.45, 2.75) is 13.0 Å². The molecule has 1 aliphatic heterocycles. The van der Waals surface area contributed by atoms with Crippen LogP contribution in [0.3, 0.4) is 0 Å². The summed E-state index contributed by atoms with van der Waals surface area (Å²) in [6, 6.07) is 4.32. The minimum atomic E-state index is -4.14. The van der Waals surface area contributed by atoms with Gasteiger partial charge in [0.25, 0.3) is 0 Å². The molecule has 8 heteroatoms. The van der Waals surface area contributed by atoms with E-state index in [0.29, 0.717) is 10.00 Å². The van der Waals surface area contributed by atoms with Gasteiger partial charge in [-0.05, 0) is 19.1 Å². The van der Waals surface area contributed by atoms with E-state index < -0.39 is 22.3 Å². The Hall–Kier alpha value is -1.67. The van der Waals surface area contributed by atoms with E-state index in [-0.39, 0.29) is 6.61 Å². The van der Waals surface area contributed by atoms with Gasteiger partial charge < -0.3 is 4.74 Å². The molecule has 92 valence electrons. The molecule has 0 bridgehead atoms. The lowest BCUT2D eigenvalue weighted by Gasteiger charge is -2.17. The first-order chi connectivity index (χ1) is 7.89. The first-order valence-electron chi connectivity index (χ1n) is 4.82. The number of pyridine rings is 1. The Labute approximate surface area is 98.4 Å². The molecular weight excluding hydrogens is 246 g/mol. The van der Waals surface area contributed by atoms with Crippen molar-refractivity contribution >= 4 is 16.3 Å². The van der Waals surface area contributed by atoms with Gasteiger partial charge in [0.15, 0.2) is 0 Å². The summed E-state index contributed by atoms with van der Waals surface area (Å²) >= 11 is 0. The van der Waals surface area contributed by atoms with Crippen LogP contribution in [0.15, 0.2) is 18.2 Å². The molecule has 0 aromatic carbocycles. The van der Waals surface area contributed by atoms with E-state index in [1.54, 1.807) is 25.1 Å². The fraction of sp³-hybridized carbons (Fsp3) is 0.333. The lowest BCUT2D eigenvalue weighted by molar-refractivity contribution is 0.170. The zero-order chi connectivity index (χ0) is 12.6. The van der Waals surface area contributed by atoms with E-state index in [1.165, 1.54) is 0 Å². The van der Waals surface area contributed by atoms with Crippen LogP contribution in [0, 0.1) is 6.92 Å². The SMILES string of the molecule is Cc1cccc(C2COC(=O)N2S(N)(=O)=O)n1. The van der Waals surface area contributed by atoms with Crippen LogP contribution in [0.5, 0.6) is 0 Å². The molecule has 1 fully saturated rings. The topological polar surface area (TPSA) is 103 Å². The molecular formula is C9H11N3O4S. The fourth-order valence-electron chi connectivity index (χ4n) is 1.65. The third-order valence-electron chi connectivity index (χ3n) is 2.35. The maximum Gasteiger partial charge on any atom is 0.425 e. The largest absolute Gasteiger partial charge is 0.446 e. The van der Waals surface area contributed by atoms with E-state index >= 15 is 0 Å². The van der Waals surface area contributed by atoms with Crippen LogP contribution in [0.25, 0.3) is 0 Å². The molecule has 0 radical (unpaired) electrons. The van der Waals surface area contributed by atoms with Crippen molar-refractivity contribution in [3.63, 3.8) is 0 Å². The molecule has 1 aliphatic rings. The molecule has 2 N–H and O–H groups in total. The number of nitrogens with zero attached hydrogens (tertiary/aromatic N) is 2. The molecule has 0 spiro atoms. The van der Waals surface area contributed by atoms with E-state index in [2.05, 4.69) is 9.72 Å². The van der Waals surface area contributed by atoms with Gasteiger partial charge in [0.2, 0.25) is 0 Å². The molecule has 1 aromatic heterocycles. The number of carbonyl (C=O) groups is 1. The molecule has 2 rings (SSSR count). The maximum absolute atomic E-state index is 11.3. The molecule has 0 aliphatic carbocycles. The van der Waals surface area contributed by atoms with Crippen LogP contribution in [0.2, 0.25) is 0 Å². The number of amides is 1. The van der Waals surface area contributed by atoms with Crippen molar-refractivity contribution in [3.05, 3.63) is 29.6 Å². The number of ether oxygens (including phenoxy) is 1. The van der Waals surface area contributed by atoms with Gasteiger partial charge in [0.05, 0.1) is 5.69 Å². The highest BCUT2D eigenvalue weighted by molar-refractivity contribution is 7.87. The van der Waals surface area contributed by atoms with Crippen molar-refractivity contribution in [2.75, 3.05) is 6.61 Å². The number of aryl methyl sites for hydroxylation is 1. The highest BCUT2D eigenvalue weighted by atomic mass is 32.2. The Morgan fingerprint density at radius 2 is 2.24 bits per heavy atom. The van der Waals surface area contributed by atoms with Crippen LogP contribution in [-0.2, 0) is 14.9 Å². The third-order valence-corrected chi connectivity index (χ3v) is 3.31. The second kappa shape index (κ2) is 3.97. The van der Waals surface area contributed by atoms with Crippen LogP contribution >= 0.6 is 0 Å². The average Bonchev–Trinajstić information content (AvgIpc) is 2.59. The number of rotatable bonds is 2. The first-order valence-corrected chi connectivity index (χ1v) is 6.32. The summed E-state index contributed by atoms with van der Waals surface area (Å²) in [6.45, 7) is 1.69. The summed E-state index contributed by atoms with van der Waals surface area (Å²) in [5.74, 6) is 0. The number of nitrogens with two attached hydrogens (primary N) is 1. The number of hydrogen-bond donors (Lipinski definition) is 1. The Balaban J connectivity index is 2.42. The van der Waals surface area contributed by atoms with Crippen LogP contribution < -0.4 is 5.14 Å². The number of aromatic nitrogens is 1. The zero-order valence-corrected chi connectivity index (χ0v) is 9.85. The van der Waals surface area contributed by atoms with Gasteiger partial charge in [-0.25, -0.2) is 9.93 Å². The van der Waals surface area contributed by atoms with Crippen molar-refractivity contribution in [1.82, 2.24) is 9.29 Å². The molecule has 0 saturated carbocycles. The summed E-state index contributed by atoms with van der Waals surface area (Å²) < 4.78 is 27.8. The normalized spacial score (nSPS) is 20.5. The van der Waals surface area contributed by atoms with Gasteiger partial charge in [0, 0.05) is 5.69 Å². The fourth-order valence-corrected chi connectivity index (χ4v) is 2.43. The number of cyclic esters (lactones) is 1. The number of hydrogen-bond acceptors (Lipinski definition) is 5. The predicted octanol–water partition coefficient (Wildman–Crippen LogP) is 0.0868. The van der Waals surface area contributed by atoms with Gasteiger partial charge >= 0.3 is 16.3 Å². The molecule has 2 heterocycles. The van der Waals surface area contributed by atoms with E-state index in [4.69, 9.17) is 5.14 Å². The van der Waals surface area contributed by atoms with Crippen molar-refractivity contribution in [2.24, 2.45) is 5.14 Å². The van der Waals surface area contributed by atoms with Crippen molar-refractivity contribution < 1.29 is 17.9 Å². The molecule has 7 nitrogen and oxygen atoms in total. The highest BCUT2D eigenvalue weighted by Gasteiger charge is 2.41. The number of carbonyl (C=O) groups excluding carboxylic acids is 1. The standard InChI is InChI=1S/C9H11N3O4S/c1-6-3-2-4-7(11-6)8-5-16-9(13)12(8)17(10,14)15/h2-4,8H,5H2,1H3,(H2,10,14,15). The third kappa shape index (κ3) is 2.22. The molecule has 1 atom stereocenters. The second-order valence-corrected chi connectivity index (χ2v) is 5.06. The molecule has 1 unspecified atom stereocenters. The molecule has 1 aromatic rings. The maximum atomic E-state index is 11.3. The lowest BCUT2D eigenvalue weighted by atomic mass is 10.2. The van der Waals surface area contributed by atoms with Crippen molar-refractivity contribution in [1.29, 1.82) is 0 Å². The summed E-state index contributed by atoms with van der Waals surface area (Å²) in [5.41, 5.74) is 1.15. The van der Waals surface area contributed by atoms with E-state index in [0.717, 1.165) is 5.69 Å². The first kappa shape index (κ1) is 11.8. The minimum absolute atomic E-state index is 0.0777. The Morgan fingerprint density at radius 1 is 1.53 bits per heavy atom. The van der Waals surface area contributed by atoms with Gasteiger partial charge in [-0.2, -0.15) is 12.7 Å². The Morgan fingerprint density at radius 3 is 2.82 bits per heavy atom. The smallest absolute Gasteiger partial charge is 0.425 e.